The van der Waals surface area contributed by atoms with Crippen LogP contribution in [0, 0.1) is 5.82 Å². The summed E-state index contributed by atoms with van der Waals surface area (Å²) in [5.74, 6) is -1.39. The maximum absolute atomic E-state index is 13.1. The first-order chi connectivity index (χ1) is 8.70. The zero-order chi connectivity index (χ0) is 14.6. The van der Waals surface area contributed by atoms with Crippen molar-refractivity contribution in [2.24, 2.45) is 0 Å². The number of nitrogens with two attached hydrogens (primary N) is 1. The molecule has 0 fully saturated rings. The minimum Gasteiger partial charge on any atom is -0.462 e. The summed E-state index contributed by atoms with van der Waals surface area (Å²) in [5.41, 5.74) is 5.29. The number of hydrogen-bond acceptors (Lipinski definition) is 5. The summed E-state index contributed by atoms with van der Waals surface area (Å²) in [6.45, 7) is -0.0321. The molecule has 0 saturated carbocycles. The van der Waals surface area contributed by atoms with Crippen molar-refractivity contribution >= 4 is 37.4 Å². The Balaban J connectivity index is 2.62. The molecular weight excluding hydrogens is 341 g/mol. The molecule has 0 aromatic heterocycles. The molecule has 0 atom stereocenters. The van der Waals surface area contributed by atoms with Gasteiger partial charge in [0.25, 0.3) is 0 Å². The average Bonchev–Trinajstić information content (AvgIpc) is 2.28. The third-order valence-corrected chi connectivity index (χ3v) is 3.89. The van der Waals surface area contributed by atoms with Crippen molar-refractivity contribution in [1.29, 1.82) is 0 Å². The number of rotatable bonds is 5. The molecular formula is C11H13BrFNO4S. The van der Waals surface area contributed by atoms with Crippen LogP contribution >= 0.6 is 15.9 Å². The van der Waals surface area contributed by atoms with E-state index in [-0.39, 0.29) is 34.5 Å². The van der Waals surface area contributed by atoms with E-state index in [0.717, 1.165) is 18.4 Å². The first-order valence-corrected chi connectivity index (χ1v) is 8.15. The standard InChI is InChI=1S/C11H13BrFNO4S/c1-19(16,17)4-2-3-18-11(15)7-5-10(14)9(13)6-8(7)12/h5-6H,2-4,14H2,1H3. The Kier molecular flexibility index (Phi) is 5.30. The van der Waals surface area contributed by atoms with Crippen LogP contribution in [0.25, 0.3) is 0 Å². The average molecular weight is 354 g/mol. The fourth-order valence-corrected chi connectivity index (χ4v) is 2.41. The monoisotopic (exact) mass is 353 g/mol. The van der Waals surface area contributed by atoms with E-state index in [2.05, 4.69) is 15.9 Å². The highest BCUT2D eigenvalue weighted by Gasteiger charge is 2.14. The summed E-state index contributed by atoms with van der Waals surface area (Å²) >= 11 is 3.03. The van der Waals surface area contributed by atoms with Crippen molar-refractivity contribution in [3.8, 4) is 0 Å². The van der Waals surface area contributed by atoms with Gasteiger partial charge in [-0.2, -0.15) is 0 Å². The molecule has 0 aliphatic rings. The minimum absolute atomic E-state index is 0.0321. The number of hydrogen-bond donors (Lipinski definition) is 1. The fourth-order valence-electron chi connectivity index (χ4n) is 1.29. The van der Waals surface area contributed by atoms with Crippen molar-refractivity contribution in [2.45, 2.75) is 6.42 Å². The molecule has 0 heterocycles. The molecule has 0 spiro atoms. The van der Waals surface area contributed by atoms with Gasteiger partial charge in [0.15, 0.2) is 0 Å². The molecule has 0 bridgehead atoms. The number of halogens is 2. The maximum atomic E-state index is 13.1. The highest BCUT2D eigenvalue weighted by molar-refractivity contribution is 9.10. The molecule has 19 heavy (non-hydrogen) atoms. The van der Waals surface area contributed by atoms with Crippen LogP contribution in [-0.4, -0.2) is 33.0 Å². The highest BCUT2D eigenvalue weighted by atomic mass is 79.9. The lowest BCUT2D eigenvalue weighted by Gasteiger charge is -2.07. The van der Waals surface area contributed by atoms with Crippen LogP contribution in [0.5, 0.6) is 0 Å². The van der Waals surface area contributed by atoms with Gasteiger partial charge in [-0.15, -0.1) is 0 Å². The minimum atomic E-state index is -3.08. The van der Waals surface area contributed by atoms with E-state index < -0.39 is 21.6 Å². The van der Waals surface area contributed by atoms with Gasteiger partial charge in [0.05, 0.1) is 23.6 Å². The second kappa shape index (κ2) is 6.33. The number of esters is 1. The van der Waals surface area contributed by atoms with E-state index in [1.165, 1.54) is 0 Å². The molecule has 2 N–H and O–H groups in total. The summed E-state index contributed by atoms with van der Waals surface area (Å²) in [4.78, 5) is 11.7. The van der Waals surface area contributed by atoms with Crippen LogP contribution < -0.4 is 5.73 Å². The second-order valence-electron chi connectivity index (χ2n) is 3.97. The first-order valence-electron chi connectivity index (χ1n) is 5.30. The van der Waals surface area contributed by atoms with Gasteiger partial charge >= 0.3 is 5.97 Å². The normalized spacial score (nSPS) is 11.3. The Morgan fingerprint density at radius 1 is 1.47 bits per heavy atom. The molecule has 0 radical (unpaired) electrons. The Morgan fingerprint density at radius 3 is 2.68 bits per heavy atom. The van der Waals surface area contributed by atoms with Crippen molar-refractivity contribution < 1.29 is 22.3 Å². The van der Waals surface area contributed by atoms with E-state index in [9.17, 15) is 17.6 Å². The van der Waals surface area contributed by atoms with Gasteiger partial charge < -0.3 is 10.5 Å². The van der Waals surface area contributed by atoms with Gasteiger partial charge in [-0.3, -0.25) is 0 Å². The fraction of sp³-hybridized carbons (Fsp3) is 0.364. The number of ether oxygens (including phenoxy) is 1. The molecule has 1 aromatic rings. The zero-order valence-corrected chi connectivity index (χ0v) is 12.6. The predicted octanol–water partition coefficient (Wildman–Crippen LogP) is 1.76. The Hall–Kier alpha value is -1.15. The van der Waals surface area contributed by atoms with Crippen LogP contribution in [0.1, 0.15) is 16.8 Å². The van der Waals surface area contributed by atoms with Gasteiger partial charge in [0.2, 0.25) is 0 Å². The number of sulfone groups is 1. The quantitative estimate of drug-likeness (QED) is 0.495. The smallest absolute Gasteiger partial charge is 0.339 e. The highest BCUT2D eigenvalue weighted by Crippen LogP contribution is 2.23. The van der Waals surface area contributed by atoms with Crippen molar-refractivity contribution in [2.75, 3.05) is 24.3 Å². The van der Waals surface area contributed by atoms with Gasteiger partial charge in [-0.1, -0.05) is 0 Å². The summed E-state index contributed by atoms with van der Waals surface area (Å²) in [6, 6.07) is 2.24. The zero-order valence-electron chi connectivity index (χ0n) is 10.2. The largest absolute Gasteiger partial charge is 0.462 e. The van der Waals surface area contributed by atoms with Crippen LogP contribution in [0.4, 0.5) is 10.1 Å². The van der Waals surface area contributed by atoms with Gasteiger partial charge in [-0.05, 0) is 34.5 Å². The maximum Gasteiger partial charge on any atom is 0.339 e. The molecule has 1 aromatic carbocycles. The SMILES string of the molecule is CS(=O)(=O)CCCOC(=O)c1cc(N)c(F)cc1Br. The lowest BCUT2D eigenvalue weighted by Crippen LogP contribution is -2.11. The van der Waals surface area contributed by atoms with Crippen LogP contribution in [0.3, 0.4) is 0 Å². The Bertz CT molecular complexity index is 589. The summed E-state index contributed by atoms with van der Waals surface area (Å²) < 4.78 is 40.0. The van der Waals surface area contributed by atoms with E-state index in [4.69, 9.17) is 10.5 Å². The summed E-state index contributed by atoms with van der Waals surface area (Å²) in [7, 11) is -3.08. The van der Waals surface area contributed by atoms with Crippen molar-refractivity contribution in [3.05, 3.63) is 28.0 Å². The summed E-state index contributed by atoms with van der Waals surface area (Å²) in [6.07, 6.45) is 1.31. The molecule has 5 nitrogen and oxygen atoms in total. The van der Waals surface area contributed by atoms with Gasteiger partial charge in [0.1, 0.15) is 15.7 Å². The van der Waals surface area contributed by atoms with Crippen molar-refractivity contribution in [1.82, 2.24) is 0 Å². The molecule has 0 unspecified atom stereocenters. The Labute approximate surface area is 119 Å². The molecule has 8 heteroatoms. The van der Waals surface area contributed by atoms with Crippen LogP contribution in [-0.2, 0) is 14.6 Å². The lowest BCUT2D eigenvalue weighted by atomic mass is 10.2. The molecule has 106 valence electrons. The molecule has 0 aliphatic heterocycles. The van der Waals surface area contributed by atoms with E-state index in [1.807, 2.05) is 0 Å². The Morgan fingerprint density at radius 2 is 2.11 bits per heavy atom. The van der Waals surface area contributed by atoms with Gasteiger partial charge in [0, 0.05) is 10.7 Å². The van der Waals surface area contributed by atoms with Gasteiger partial charge in [-0.25, -0.2) is 17.6 Å². The number of nitrogen functional groups attached to an aromatic ring is 1. The third kappa shape index (κ3) is 5.15. The molecule has 0 aliphatic carbocycles. The molecule has 1 rings (SSSR count). The molecule has 0 amide bonds. The third-order valence-electron chi connectivity index (χ3n) is 2.20. The lowest BCUT2D eigenvalue weighted by molar-refractivity contribution is 0.0504. The van der Waals surface area contributed by atoms with E-state index in [0.29, 0.717) is 0 Å². The first kappa shape index (κ1) is 15.9. The topological polar surface area (TPSA) is 86.5 Å². The van der Waals surface area contributed by atoms with E-state index in [1.54, 1.807) is 0 Å². The second-order valence-corrected chi connectivity index (χ2v) is 7.09. The van der Waals surface area contributed by atoms with E-state index >= 15 is 0 Å². The number of carbonyl (C=O) groups excluding carboxylic acids is 1. The molecule has 0 saturated heterocycles. The predicted molar refractivity (Wildman–Crippen MR) is 73.1 cm³/mol. The number of benzene rings is 1. The number of carbonyl (C=O) groups is 1. The number of anilines is 1. The van der Waals surface area contributed by atoms with Crippen molar-refractivity contribution in [3.63, 3.8) is 0 Å². The van der Waals surface area contributed by atoms with Crippen LogP contribution in [0.15, 0.2) is 16.6 Å². The summed E-state index contributed by atoms with van der Waals surface area (Å²) in [5, 5.41) is 0. The van der Waals surface area contributed by atoms with Crippen LogP contribution in [0.2, 0.25) is 0 Å².